The lowest BCUT2D eigenvalue weighted by Crippen LogP contribution is -2.29. The summed E-state index contributed by atoms with van der Waals surface area (Å²) < 4.78 is 15.6. The lowest BCUT2D eigenvalue weighted by atomic mass is 10.1. The molecule has 0 aromatic heterocycles. The van der Waals surface area contributed by atoms with E-state index in [1.54, 1.807) is 48.5 Å². The van der Waals surface area contributed by atoms with Crippen LogP contribution in [0.4, 0.5) is 5.69 Å². The van der Waals surface area contributed by atoms with Crippen LogP contribution < -0.4 is 14.8 Å². The third-order valence-electron chi connectivity index (χ3n) is 3.75. The highest BCUT2D eigenvalue weighted by atomic mass is 16.7. The van der Waals surface area contributed by atoms with Gasteiger partial charge in [-0.25, -0.2) is 4.79 Å². The molecule has 27 heavy (non-hydrogen) atoms. The Hall–Kier alpha value is -3.79. The number of carbonyl (C=O) groups is 2. The molecule has 0 bridgehead atoms. The minimum atomic E-state index is -0.978. The molecule has 0 unspecified atom stereocenters. The molecule has 0 spiro atoms. The summed E-state index contributed by atoms with van der Waals surface area (Å²) in [5, 5.41) is 11.4. The number of fused-ring (bicyclic) bond motifs is 1. The summed E-state index contributed by atoms with van der Waals surface area (Å²) in [6.07, 6.45) is 1.80. The van der Waals surface area contributed by atoms with Crippen molar-refractivity contribution in [3.8, 4) is 17.6 Å². The fourth-order valence-corrected chi connectivity index (χ4v) is 2.32. The van der Waals surface area contributed by atoms with E-state index in [2.05, 4.69) is 5.32 Å². The number of amides is 1. The van der Waals surface area contributed by atoms with Crippen molar-refractivity contribution in [1.82, 2.24) is 0 Å². The molecule has 2 aromatic rings. The molecular formula is C20H16N2O5. The Morgan fingerprint density at radius 1 is 1.19 bits per heavy atom. The molecular weight excluding hydrogens is 348 g/mol. The fourth-order valence-electron chi connectivity index (χ4n) is 2.32. The van der Waals surface area contributed by atoms with Crippen molar-refractivity contribution >= 4 is 23.6 Å². The van der Waals surface area contributed by atoms with E-state index in [4.69, 9.17) is 19.5 Å². The molecule has 1 atom stereocenters. The molecule has 1 aliphatic rings. The normalized spacial score (nSPS) is 13.0. The van der Waals surface area contributed by atoms with E-state index in [9.17, 15) is 9.59 Å². The molecule has 0 aliphatic carbocycles. The number of benzene rings is 2. The average molecular weight is 364 g/mol. The molecule has 0 saturated carbocycles. The molecule has 7 nitrogen and oxygen atoms in total. The maximum Gasteiger partial charge on any atom is 0.331 e. The first-order valence-electron chi connectivity index (χ1n) is 8.14. The Morgan fingerprint density at radius 2 is 1.93 bits per heavy atom. The number of ether oxygens (including phenoxy) is 3. The molecule has 1 aliphatic heterocycles. The number of nitrogens with one attached hydrogen (secondary N) is 1. The molecule has 0 radical (unpaired) electrons. The van der Waals surface area contributed by atoms with Gasteiger partial charge >= 0.3 is 5.97 Å². The topological polar surface area (TPSA) is 97.7 Å². The monoisotopic (exact) mass is 364 g/mol. The molecule has 3 rings (SSSR count). The number of nitrogens with zero attached hydrogens (tertiary/aromatic N) is 1. The van der Waals surface area contributed by atoms with Gasteiger partial charge in [-0.3, -0.25) is 4.79 Å². The van der Waals surface area contributed by atoms with Crippen LogP contribution in [0.25, 0.3) is 6.08 Å². The van der Waals surface area contributed by atoms with Gasteiger partial charge < -0.3 is 19.5 Å². The third-order valence-corrected chi connectivity index (χ3v) is 3.75. The Bertz CT molecular complexity index is 928. The Balaban J connectivity index is 1.53. The lowest BCUT2D eigenvalue weighted by Gasteiger charge is -2.12. The minimum absolute atomic E-state index is 0.145. The van der Waals surface area contributed by atoms with Gasteiger partial charge in [-0.1, -0.05) is 12.1 Å². The average Bonchev–Trinajstić information content (AvgIpc) is 3.14. The fraction of sp³-hybridized carbons (Fsp3) is 0.150. The maximum absolute atomic E-state index is 12.2. The first-order chi connectivity index (χ1) is 13.0. The highest BCUT2D eigenvalue weighted by Gasteiger charge is 2.19. The zero-order valence-corrected chi connectivity index (χ0v) is 14.5. The van der Waals surface area contributed by atoms with Gasteiger partial charge in [0.15, 0.2) is 17.6 Å². The lowest BCUT2D eigenvalue weighted by molar-refractivity contribution is -0.148. The molecule has 136 valence electrons. The van der Waals surface area contributed by atoms with Crippen molar-refractivity contribution in [3.05, 3.63) is 59.7 Å². The number of anilines is 1. The van der Waals surface area contributed by atoms with Crippen molar-refractivity contribution in [1.29, 1.82) is 5.26 Å². The van der Waals surface area contributed by atoms with Gasteiger partial charge in [0.2, 0.25) is 6.79 Å². The van der Waals surface area contributed by atoms with Crippen molar-refractivity contribution in [2.24, 2.45) is 0 Å². The molecule has 2 aromatic carbocycles. The Morgan fingerprint density at radius 3 is 2.67 bits per heavy atom. The van der Waals surface area contributed by atoms with Crippen molar-refractivity contribution in [2.45, 2.75) is 13.0 Å². The molecule has 7 heteroatoms. The number of nitriles is 1. The second-order valence-corrected chi connectivity index (χ2v) is 5.70. The number of rotatable bonds is 5. The minimum Gasteiger partial charge on any atom is -0.454 e. The van der Waals surface area contributed by atoms with E-state index in [1.165, 1.54) is 13.0 Å². The van der Waals surface area contributed by atoms with Crippen LogP contribution in [-0.2, 0) is 14.3 Å². The molecule has 1 amide bonds. The van der Waals surface area contributed by atoms with Crippen molar-refractivity contribution < 1.29 is 23.8 Å². The maximum atomic E-state index is 12.2. The van der Waals surface area contributed by atoms with Gasteiger partial charge in [0, 0.05) is 17.8 Å². The van der Waals surface area contributed by atoms with Crippen LogP contribution in [0, 0.1) is 11.3 Å². The largest absolute Gasteiger partial charge is 0.454 e. The van der Waals surface area contributed by atoms with E-state index in [-0.39, 0.29) is 6.79 Å². The summed E-state index contributed by atoms with van der Waals surface area (Å²) in [6, 6.07) is 13.7. The predicted octanol–water partition coefficient (Wildman–Crippen LogP) is 2.87. The molecule has 1 N–H and O–H groups in total. The van der Waals surface area contributed by atoms with Crippen LogP contribution in [0.5, 0.6) is 11.5 Å². The number of esters is 1. The van der Waals surface area contributed by atoms with Gasteiger partial charge in [-0.15, -0.1) is 0 Å². The SMILES string of the molecule is C[C@H](OC(=O)/C=C/c1ccc(C#N)cc1)C(=O)Nc1ccc2c(c1)OCO2. The molecule has 0 fully saturated rings. The zero-order chi connectivity index (χ0) is 19.2. The van der Waals surface area contributed by atoms with Gasteiger partial charge in [-0.05, 0) is 42.8 Å². The number of carbonyl (C=O) groups excluding carboxylic acids is 2. The summed E-state index contributed by atoms with van der Waals surface area (Å²) in [5.74, 6) is 0.0462. The Kier molecular flexibility index (Phi) is 5.38. The summed E-state index contributed by atoms with van der Waals surface area (Å²) in [7, 11) is 0. The third kappa shape index (κ3) is 4.64. The highest BCUT2D eigenvalue weighted by Crippen LogP contribution is 2.34. The predicted molar refractivity (Wildman–Crippen MR) is 96.9 cm³/mol. The van der Waals surface area contributed by atoms with Crippen LogP contribution in [0.3, 0.4) is 0 Å². The van der Waals surface area contributed by atoms with Crippen molar-refractivity contribution in [3.63, 3.8) is 0 Å². The van der Waals surface area contributed by atoms with E-state index in [1.807, 2.05) is 6.07 Å². The van der Waals surface area contributed by atoms with E-state index < -0.39 is 18.0 Å². The van der Waals surface area contributed by atoms with Crippen LogP contribution in [0.15, 0.2) is 48.5 Å². The van der Waals surface area contributed by atoms with Crippen LogP contribution in [0.1, 0.15) is 18.1 Å². The van der Waals surface area contributed by atoms with Crippen LogP contribution >= 0.6 is 0 Å². The molecule has 1 heterocycles. The summed E-state index contributed by atoms with van der Waals surface area (Å²) in [5.41, 5.74) is 1.78. The smallest absolute Gasteiger partial charge is 0.331 e. The Labute approximate surface area is 155 Å². The molecule has 0 saturated heterocycles. The van der Waals surface area contributed by atoms with Gasteiger partial charge in [-0.2, -0.15) is 5.26 Å². The summed E-state index contributed by atoms with van der Waals surface area (Å²) in [4.78, 5) is 24.1. The first kappa shape index (κ1) is 18.0. The van der Waals surface area contributed by atoms with E-state index in [0.717, 1.165) is 5.56 Å². The van der Waals surface area contributed by atoms with Gasteiger partial charge in [0.05, 0.1) is 11.6 Å². The van der Waals surface area contributed by atoms with Crippen LogP contribution in [-0.4, -0.2) is 24.8 Å². The van der Waals surface area contributed by atoms with E-state index >= 15 is 0 Å². The highest BCUT2D eigenvalue weighted by molar-refractivity contribution is 5.96. The number of hydrogen-bond donors (Lipinski definition) is 1. The zero-order valence-electron chi connectivity index (χ0n) is 14.5. The summed E-state index contributed by atoms with van der Waals surface area (Å²) >= 11 is 0. The second kappa shape index (κ2) is 8.06. The van der Waals surface area contributed by atoms with Crippen molar-refractivity contribution in [2.75, 3.05) is 12.1 Å². The summed E-state index contributed by atoms with van der Waals surface area (Å²) in [6.45, 7) is 1.63. The second-order valence-electron chi connectivity index (χ2n) is 5.70. The first-order valence-corrected chi connectivity index (χ1v) is 8.14. The van der Waals surface area contributed by atoms with E-state index in [0.29, 0.717) is 22.7 Å². The van der Waals surface area contributed by atoms with Gasteiger partial charge in [0.25, 0.3) is 5.91 Å². The quantitative estimate of drug-likeness (QED) is 0.647. The number of hydrogen-bond acceptors (Lipinski definition) is 6. The van der Waals surface area contributed by atoms with Gasteiger partial charge in [0.1, 0.15) is 0 Å². The standard InChI is InChI=1S/C20H16N2O5/c1-13(20(24)22-16-7-8-17-18(10-16)26-12-25-17)27-19(23)9-6-14-2-4-15(11-21)5-3-14/h2-10,13H,12H2,1H3,(H,22,24)/b9-6+/t13-/m0/s1. The van der Waals surface area contributed by atoms with Crippen LogP contribution in [0.2, 0.25) is 0 Å².